The molecule has 3 rings (SSSR count). The van der Waals surface area contributed by atoms with Gasteiger partial charge < -0.3 is 10.5 Å². The van der Waals surface area contributed by atoms with Crippen molar-refractivity contribution in [1.82, 2.24) is 4.37 Å². The van der Waals surface area contributed by atoms with Crippen molar-refractivity contribution in [2.45, 2.75) is 12.8 Å². The van der Waals surface area contributed by atoms with Crippen LogP contribution < -0.4 is 10.5 Å². The molecule has 0 atom stereocenters. The molecule has 0 bridgehead atoms. The van der Waals surface area contributed by atoms with Gasteiger partial charge in [-0.05, 0) is 48.3 Å². The number of ether oxygens (including phenoxy) is 1. The molecule has 2 aromatic carbocycles. The van der Waals surface area contributed by atoms with Crippen molar-refractivity contribution in [3.8, 4) is 28.8 Å². The van der Waals surface area contributed by atoms with Crippen LogP contribution in [-0.2, 0) is 0 Å². The smallest absolute Gasteiger partial charge is 0.120 e. The standard InChI is InChI=1S/C19H17BrN2OS/c20-15-7-5-14(6-8-15)19-17-10-9-16(13-18(17)24-22-19)23-12-4-2-1-3-11-21/h5-10,13H,2,4,11-12,21H2. The van der Waals surface area contributed by atoms with Gasteiger partial charge in [0.2, 0.25) is 0 Å². The summed E-state index contributed by atoms with van der Waals surface area (Å²) in [5.41, 5.74) is 7.47. The first-order valence-corrected chi connectivity index (χ1v) is 9.28. The van der Waals surface area contributed by atoms with Crippen molar-refractivity contribution in [3.05, 3.63) is 46.9 Å². The van der Waals surface area contributed by atoms with E-state index in [9.17, 15) is 0 Å². The zero-order chi connectivity index (χ0) is 16.8. The van der Waals surface area contributed by atoms with E-state index in [1.807, 2.05) is 18.2 Å². The number of nitrogens with zero attached hydrogens (tertiary/aromatic N) is 1. The molecule has 0 spiro atoms. The van der Waals surface area contributed by atoms with E-state index in [4.69, 9.17) is 10.5 Å². The summed E-state index contributed by atoms with van der Waals surface area (Å²) >= 11 is 4.96. The summed E-state index contributed by atoms with van der Waals surface area (Å²) in [6.45, 7) is 1.08. The summed E-state index contributed by atoms with van der Waals surface area (Å²) in [7, 11) is 0. The van der Waals surface area contributed by atoms with Crippen molar-refractivity contribution in [1.29, 1.82) is 0 Å². The van der Waals surface area contributed by atoms with Crippen LogP contribution in [0.2, 0.25) is 0 Å². The zero-order valence-electron chi connectivity index (χ0n) is 13.1. The third-order valence-electron chi connectivity index (χ3n) is 3.50. The van der Waals surface area contributed by atoms with Gasteiger partial charge in [-0.2, -0.15) is 4.37 Å². The Morgan fingerprint density at radius 1 is 1.12 bits per heavy atom. The maximum absolute atomic E-state index is 5.80. The molecule has 1 heterocycles. The topological polar surface area (TPSA) is 48.1 Å². The van der Waals surface area contributed by atoms with Gasteiger partial charge in [0.25, 0.3) is 0 Å². The average Bonchev–Trinajstić information content (AvgIpc) is 3.02. The zero-order valence-corrected chi connectivity index (χ0v) is 15.5. The highest BCUT2D eigenvalue weighted by molar-refractivity contribution is 9.10. The lowest BCUT2D eigenvalue weighted by atomic mass is 10.1. The van der Waals surface area contributed by atoms with Crippen LogP contribution in [0, 0.1) is 11.8 Å². The molecule has 122 valence electrons. The normalized spacial score (nSPS) is 10.4. The summed E-state index contributed by atoms with van der Waals surface area (Å²) in [4.78, 5) is 0. The highest BCUT2D eigenvalue weighted by Gasteiger charge is 2.09. The highest BCUT2D eigenvalue weighted by Crippen LogP contribution is 2.33. The number of aromatic nitrogens is 1. The Bertz CT molecular complexity index is 878. The lowest BCUT2D eigenvalue weighted by Crippen LogP contribution is -1.97. The van der Waals surface area contributed by atoms with Crippen molar-refractivity contribution < 1.29 is 4.74 Å². The van der Waals surface area contributed by atoms with E-state index >= 15 is 0 Å². The van der Waals surface area contributed by atoms with Crippen LogP contribution >= 0.6 is 27.5 Å². The van der Waals surface area contributed by atoms with Gasteiger partial charge >= 0.3 is 0 Å². The molecule has 0 unspecified atom stereocenters. The van der Waals surface area contributed by atoms with Crippen molar-refractivity contribution in [2.75, 3.05) is 13.2 Å². The molecule has 0 fully saturated rings. The number of halogens is 1. The molecule has 1 aromatic heterocycles. The van der Waals surface area contributed by atoms with Crippen molar-refractivity contribution in [3.63, 3.8) is 0 Å². The third kappa shape index (κ3) is 4.15. The Balaban J connectivity index is 1.70. The molecule has 2 N–H and O–H groups in total. The summed E-state index contributed by atoms with van der Waals surface area (Å²) in [6.07, 6.45) is 1.71. The Kier molecular flexibility index (Phi) is 5.86. The van der Waals surface area contributed by atoms with Crippen LogP contribution in [0.1, 0.15) is 12.8 Å². The summed E-state index contributed by atoms with van der Waals surface area (Å²) in [6, 6.07) is 14.4. The number of unbranched alkanes of at least 4 members (excludes halogenated alkanes) is 1. The molecule has 0 saturated carbocycles. The number of fused-ring (bicyclic) bond motifs is 1. The predicted molar refractivity (Wildman–Crippen MR) is 104 cm³/mol. The second kappa shape index (κ2) is 8.29. The van der Waals surface area contributed by atoms with Crippen molar-refractivity contribution in [2.24, 2.45) is 5.73 Å². The fourth-order valence-electron chi connectivity index (χ4n) is 2.33. The van der Waals surface area contributed by atoms with E-state index in [-0.39, 0.29) is 0 Å². The molecule has 0 aliphatic carbocycles. The second-order valence-corrected chi connectivity index (χ2v) is 6.93. The van der Waals surface area contributed by atoms with Crippen LogP contribution in [0.3, 0.4) is 0 Å². The van der Waals surface area contributed by atoms with Gasteiger partial charge in [0.1, 0.15) is 5.75 Å². The minimum atomic E-state index is 0.420. The monoisotopic (exact) mass is 400 g/mol. The number of benzene rings is 2. The molecule has 0 aliphatic heterocycles. The number of nitrogens with two attached hydrogens (primary N) is 1. The lowest BCUT2D eigenvalue weighted by Gasteiger charge is -2.05. The first-order valence-electron chi connectivity index (χ1n) is 7.72. The summed E-state index contributed by atoms with van der Waals surface area (Å²) < 4.78 is 12.6. The van der Waals surface area contributed by atoms with Gasteiger partial charge in [-0.3, -0.25) is 0 Å². The maximum Gasteiger partial charge on any atom is 0.120 e. The highest BCUT2D eigenvalue weighted by atomic mass is 79.9. The van der Waals surface area contributed by atoms with Gasteiger partial charge in [0, 0.05) is 21.8 Å². The molecular weight excluding hydrogens is 384 g/mol. The SMILES string of the molecule is NCC#CCCCOc1ccc2c(-c3ccc(Br)cc3)nsc2c1. The van der Waals surface area contributed by atoms with Crippen LogP contribution in [0.15, 0.2) is 46.9 Å². The molecular formula is C19H17BrN2OS. The number of hydrogen-bond donors (Lipinski definition) is 1. The Morgan fingerprint density at radius 3 is 2.75 bits per heavy atom. The minimum absolute atomic E-state index is 0.420. The molecule has 0 radical (unpaired) electrons. The van der Waals surface area contributed by atoms with Gasteiger partial charge in [0.05, 0.1) is 23.5 Å². The van der Waals surface area contributed by atoms with Crippen LogP contribution in [0.4, 0.5) is 0 Å². The van der Waals surface area contributed by atoms with Crippen molar-refractivity contribution >= 4 is 37.5 Å². The fourth-order valence-corrected chi connectivity index (χ4v) is 3.42. The van der Waals surface area contributed by atoms with Gasteiger partial charge in [-0.1, -0.05) is 34.0 Å². The van der Waals surface area contributed by atoms with E-state index in [1.54, 1.807) is 0 Å². The minimum Gasteiger partial charge on any atom is -0.494 e. The van der Waals surface area contributed by atoms with Gasteiger partial charge in [0.15, 0.2) is 0 Å². The van der Waals surface area contributed by atoms with Crippen LogP contribution in [-0.4, -0.2) is 17.5 Å². The second-order valence-electron chi connectivity index (χ2n) is 5.21. The first-order chi connectivity index (χ1) is 11.8. The molecule has 24 heavy (non-hydrogen) atoms. The fraction of sp³-hybridized carbons (Fsp3) is 0.211. The molecule has 5 heteroatoms. The Hall–Kier alpha value is -1.87. The maximum atomic E-state index is 5.80. The first kappa shape index (κ1) is 17.0. The third-order valence-corrected chi connectivity index (χ3v) is 4.84. The van der Waals surface area contributed by atoms with E-state index < -0.39 is 0 Å². The molecule has 0 aliphatic rings. The summed E-state index contributed by atoms with van der Waals surface area (Å²) in [5.74, 6) is 6.74. The van der Waals surface area contributed by atoms with E-state index in [0.29, 0.717) is 13.2 Å². The molecule has 0 saturated heterocycles. The van der Waals surface area contributed by atoms with E-state index in [2.05, 4.69) is 56.4 Å². The summed E-state index contributed by atoms with van der Waals surface area (Å²) in [5, 5.41) is 1.16. The van der Waals surface area contributed by atoms with E-state index in [1.165, 1.54) is 11.5 Å². The van der Waals surface area contributed by atoms with Crippen LogP contribution in [0.5, 0.6) is 5.75 Å². The largest absolute Gasteiger partial charge is 0.494 e. The van der Waals surface area contributed by atoms with Crippen LogP contribution in [0.25, 0.3) is 21.3 Å². The van der Waals surface area contributed by atoms with Gasteiger partial charge in [-0.25, -0.2) is 0 Å². The number of hydrogen-bond acceptors (Lipinski definition) is 4. The average molecular weight is 401 g/mol. The predicted octanol–water partition coefficient (Wildman–Crippen LogP) is 4.85. The van der Waals surface area contributed by atoms with Gasteiger partial charge in [-0.15, -0.1) is 5.92 Å². The lowest BCUT2D eigenvalue weighted by molar-refractivity contribution is 0.313. The molecule has 0 amide bonds. The molecule has 3 nitrogen and oxygen atoms in total. The number of rotatable bonds is 5. The molecule has 3 aromatic rings. The Labute approximate surface area is 154 Å². The quantitative estimate of drug-likeness (QED) is 0.491. The van der Waals surface area contributed by atoms with E-state index in [0.717, 1.165) is 44.4 Å². The Morgan fingerprint density at radius 2 is 1.96 bits per heavy atom.